The predicted molar refractivity (Wildman–Crippen MR) is 121 cm³/mol. The lowest BCUT2D eigenvalue weighted by atomic mass is 10.00. The lowest BCUT2D eigenvalue weighted by Gasteiger charge is -2.28. The Hall–Kier alpha value is -2.33. The molecule has 0 radical (unpaired) electrons. The molecule has 35 heavy (non-hydrogen) atoms. The number of hydrogen-bond donors (Lipinski definition) is 1. The molecular formula is C25H29F5N4O. The van der Waals surface area contributed by atoms with Gasteiger partial charge in [-0.2, -0.15) is 13.2 Å². The van der Waals surface area contributed by atoms with Crippen molar-refractivity contribution in [2.75, 3.05) is 38.2 Å². The van der Waals surface area contributed by atoms with Crippen LogP contribution < -0.4 is 5.32 Å². The van der Waals surface area contributed by atoms with Crippen molar-refractivity contribution in [2.24, 2.45) is 17.8 Å². The Kier molecular flexibility index (Phi) is 6.69. The summed E-state index contributed by atoms with van der Waals surface area (Å²) < 4.78 is 74.8. The Bertz CT molecular complexity index is 1060. The van der Waals surface area contributed by atoms with Crippen LogP contribution in [0.2, 0.25) is 0 Å². The third-order valence-electron chi connectivity index (χ3n) is 7.71. The van der Waals surface area contributed by atoms with Crippen molar-refractivity contribution in [2.45, 2.75) is 44.8 Å². The van der Waals surface area contributed by atoms with E-state index in [1.807, 2.05) is 0 Å². The van der Waals surface area contributed by atoms with Crippen LogP contribution in [0.1, 0.15) is 36.8 Å². The first-order valence-electron chi connectivity index (χ1n) is 12.1. The first-order chi connectivity index (χ1) is 16.7. The van der Waals surface area contributed by atoms with Crippen molar-refractivity contribution < 1.29 is 26.7 Å². The molecule has 1 saturated carbocycles. The molecule has 3 fully saturated rings. The Morgan fingerprint density at radius 1 is 1.03 bits per heavy atom. The molecule has 10 heteroatoms. The highest BCUT2D eigenvalue weighted by Crippen LogP contribution is 2.42. The summed E-state index contributed by atoms with van der Waals surface area (Å²) in [6, 6.07) is 2.36. The molecule has 5 nitrogen and oxygen atoms in total. The molecule has 2 atom stereocenters. The molecule has 2 saturated heterocycles. The topological polar surface area (TPSA) is 50.3 Å². The number of aromatic nitrogens is 2. The van der Waals surface area contributed by atoms with Gasteiger partial charge in [0.25, 0.3) is 0 Å². The molecule has 2 aromatic rings. The molecule has 0 spiro atoms. The van der Waals surface area contributed by atoms with Crippen LogP contribution >= 0.6 is 0 Å². The average molecular weight is 497 g/mol. The van der Waals surface area contributed by atoms with Gasteiger partial charge in [0.1, 0.15) is 17.2 Å². The fourth-order valence-electron chi connectivity index (χ4n) is 5.91. The van der Waals surface area contributed by atoms with E-state index >= 15 is 0 Å². The summed E-state index contributed by atoms with van der Waals surface area (Å²) >= 11 is 0. The summed E-state index contributed by atoms with van der Waals surface area (Å²) in [7, 11) is 0. The molecule has 0 bridgehead atoms. The van der Waals surface area contributed by atoms with Gasteiger partial charge in [0.2, 0.25) is 0 Å². The highest BCUT2D eigenvalue weighted by atomic mass is 19.4. The number of rotatable bonds is 5. The summed E-state index contributed by atoms with van der Waals surface area (Å²) in [4.78, 5) is 2.50. The summed E-state index contributed by atoms with van der Waals surface area (Å²) in [5, 5.41) is 10.7. The second-order valence-corrected chi connectivity index (χ2v) is 10.2. The predicted octanol–water partition coefficient (Wildman–Crippen LogP) is 5.30. The quantitative estimate of drug-likeness (QED) is 0.570. The normalized spacial score (nSPS) is 24.2. The van der Waals surface area contributed by atoms with Crippen molar-refractivity contribution in [3.63, 3.8) is 0 Å². The third kappa shape index (κ3) is 5.28. The highest BCUT2D eigenvalue weighted by molar-refractivity contribution is 5.66. The minimum Gasteiger partial charge on any atom is -0.381 e. The van der Waals surface area contributed by atoms with Crippen LogP contribution in [0.4, 0.5) is 27.8 Å². The molecule has 1 aliphatic carbocycles. The number of halogens is 5. The zero-order valence-electron chi connectivity index (χ0n) is 19.5. The van der Waals surface area contributed by atoms with Gasteiger partial charge in [0.05, 0.1) is 5.69 Å². The summed E-state index contributed by atoms with van der Waals surface area (Å²) in [5.41, 5.74) is -1.23. The van der Waals surface area contributed by atoms with Gasteiger partial charge in [0, 0.05) is 50.5 Å². The molecule has 0 amide bonds. The average Bonchev–Trinajstić information content (AvgIpc) is 3.34. The van der Waals surface area contributed by atoms with E-state index < -0.39 is 23.4 Å². The summed E-state index contributed by atoms with van der Waals surface area (Å²) in [6.07, 6.45) is -0.949. The molecule has 3 heterocycles. The maximum absolute atomic E-state index is 13.9. The monoisotopic (exact) mass is 496 g/mol. The maximum Gasteiger partial charge on any atom is 0.420 e. The van der Waals surface area contributed by atoms with Crippen LogP contribution in [0.3, 0.4) is 0 Å². The molecular weight excluding hydrogens is 467 g/mol. The van der Waals surface area contributed by atoms with Crippen LogP contribution in [0.25, 0.3) is 11.3 Å². The number of hydrogen-bond acceptors (Lipinski definition) is 5. The lowest BCUT2D eigenvalue weighted by Crippen LogP contribution is -2.32. The Balaban J connectivity index is 1.28. The second kappa shape index (κ2) is 9.61. The number of likely N-dealkylation sites (tertiary alicyclic amines) is 1. The fraction of sp³-hybridized carbons (Fsp3) is 0.600. The van der Waals surface area contributed by atoms with Gasteiger partial charge < -0.3 is 15.0 Å². The third-order valence-corrected chi connectivity index (χ3v) is 7.71. The summed E-state index contributed by atoms with van der Waals surface area (Å²) in [5.74, 6) is -0.502. The van der Waals surface area contributed by atoms with Crippen molar-refractivity contribution >= 4 is 5.82 Å². The van der Waals surface area contributed by atoms with Crippen molar-refractivity contribution in [1.29, 1.82) is 0 Å². The number of alkyl halides is 3. The first kappa shape index (κ1) is 24.4. The van der Waals surface area contributed by atoms with Gasteiger partial charge in [-0.05, 0) is 68.1 Å². The minimum atomic E-state index is -4.69. The number of anilines is 1. The van der Waals surface area contributed by atoms with Crippen LogP contribution in [-0.2, 0) is 10.9 Å². The molecule has 5 rings (SSSR count). The van der Waals surface area contributed by atoms with Gasteiger partial charge in [-0.25, -0.2) is 8.78 Å². The zero-order valence-corrected chi connectivity index (χ0v) is 19.5. The van der Waals surface area contributed by atoms with Gasteiger partial charge >= 0.3 is 6.18 Å². The van der Waals surface area contributed by atoms with Crippen LogP contribution in [0.5, 0.6) is 0 Å². The first-order valence-corrected chi connectivity index (χ1v) is 12.1. The Labute approximate surface area is 201 Å². The smallest absolute Gasteiger partial charge is 0.381 e. The van der Waals surface area contributed by atoms with E-state index in [1.54, 1.807) is 0 Å². The molecule has 190 valence electrons. The zero-order chi connectivity index (χ0) is 24.7. The fourth-order valence-corrected chi connectivity index (χ4v) is 5.91. The van der Waals surface area contributed by atoms with E-state index in [4.69, 9.17) is 4.74 Å². The molecule has 0 unspecified atom stereocenters. The molecule has 3 aliphatic rings. The molecule has 1 aromatic carbocycles. The van der Waals surface area contributed by atoms with Crippen molar-refractivity contribution in [3.05, 3.63) is 41.0 Å². The van der Waals surface area contributed by atoms with E-state index in [2.05, 4.69) is 20.4 Å². The van der Waals surface area contributed by atoms with Gasteiger partial charge in [0.15, 0.2) is 5.82 Å². The number of nitrogens with one attached hydrogen (secondary N) is 1. The SMILES string of the molecule is Cc1c(F)cc(F)cc1-c1cc(C(F)(F)F)c(NC2C[C@@H]3CN(CC4CCOCC4)C[C@H]3C2)nn1. The summed E-state index contributed by atoms with van der Waals surface area (Å²) in [6.45, 7) is 6.04. The van der Waals surface area contributed by atoms with Crippen molar-refractivity contribution in [3.8, 4) is 11.3 Å². The van der Waals surface area contributed by atoms with Gasteiger partial charge in [-0.1, -0.05) is 0 Å². The molecule has 1 aromatic heterocycles. The lowest BCUT2D eigenvalue weighted by molar-refractivity contribution is -0.137. The minimum absolute atomic E-state index is 0.0171. The van der Waals surface area contributed by atoms with E-state index in [0.29, 0.717) is 23.8 Å². The number of nitrogens with zero attached hydrogens (tertiary/aromatic N) is 3. The van der Waals surface area contributed by atoms with Crippen LogP contribution in [0.15, 0.2) is 18.2 Å². The van der Waals surface area contributed by atoms with E-state index in [9.17, 15) is 22.0 Å². The van der Waals surface area contributed by atoms with Crippen LogP contribution in [0, 0.1) is 36.3 Å². The van der Waals surface area contributed by atoms with Gasteiger partial charge in [-0.15, -0.1) is 10.2 Å². The molecule has 1 N–H and O–H groups in total. The van der Waals surface area contributed by atoms with E-state index in [0.717, 1.165) is 70.7 Å². The Morgan fingerprint density at radius 2 is 1.71 bits per heavy atom. The number of ether oxygens (including phenoxy) is 1. The Morgan fingerprint density at radius 3 is 2.37 bits per heavy atom. The number of fused-ring (bicyclic) bond motifs is 1. The maximum atomic E-state index is 13.9. The second-order valence-electron chi connectivity index (χ2n) is 10.2. The highest BCUT2D eigenvalue weighted by Gasteiger charge is 2.43. The van der Waals surface area contributed by atoms with Crippen molar-refractivity contribution in [1.82, 2.24) is 15.1 Å². The largest absolute Gasteiger partial charge is 0.420 e. The van der Waals surface area contributed by atoms with E-state index in [1.165, 1.54) is 6.92 Å². The number of benzene rings is 1. The standard InChI is InChI=1S/C25H29F5N4O/c1-14-20(8-18(26)9-22(14)27)23-10-21(25(28,29)30)24(33-32-23)31-19-6-16-12-34(13-17(16)7-19)11-15-2-4-35-5-3-15/h8-10,15-17,19H,2-7,11-13H2,1H3,(H,31,33)/t16-,17-/m1/s1. The molecule has 2 aliphatic heterocycles. The van der Waals surface area contributed by atoms with Crippen LogP contribution in [-0.4, -0.2) is 54.0 Å². The van der Waals surface area contributed by atoms with E-state index in [-0.39, 0.29) is 28.7 Å². The van der Waals surface area contributed by atoms with Gasteiger partial charge in [-0.3, -0.25) is 0 Å².